The highest BCUT2D eigenvalue weighted by molar-refractivity contribution is 7.11. The Kier molecular flexibility index (Phi) is 4.32. The largest absolute Gasteiger partial charge is 0.311 e. The summed E-state index contributed by atoms with van der Waals surface area (Å²) < 4.78 is 0. The number of likely N-dealkylation sites (N-methyl/N-ethyl adjacent to an activating group) is 1. The lowest BCUT2D eigenvalue weighted by atomic mass is 10.4. The van der Waals surface area contributed by atoms with Gasteiger partial charge in [0.2, 0.25) is 0 Å². The van der Waals surface area contributed by atoms with Gasteiger partial charge < -0.3 is 5.32 Å². The van der Waals surface area contributed by atoms with Crippen molar-refractivity contribution < 1.29 is 0 Å². The first-order valence-electron chi connectivity index (χ1n) is 6.15. The normalized spacial score (nSPS) is 15.9. The molecule has 0 aromatic carbocycles. The second-order valence-electron chi connectivity index (χ2n) is 4.38. The van der Waals surface area contributed by atoms with E-state index in [1.54, 1.807) is 11.3 Å². The molecule has 1 fully saturated rings. The van der Waals surface area contributed by atoms with Crippen LogP contribution in [0.2, 0.25) is 0 Å². The molecule has 1 aromatic heterocycles. The first-order valence-corrected chi connectivity index (χ1v) is 6.97. The lowest BCUT2D eigenvalue weighted by Gasteiger charge is -2.19. The van der Waals surface area contributed by atoms with E-state index in [0.29, 0.717) is 0 Å². The van der Waals surface area contributed by atoms with Crippen molar-refractivity contribution >= 4 is 11.3 Å². The second-order valence-corrected chi connectivity index (χ2v) is 5.70. The van der Waals surface area contributed by atoms with E-state index in [-0.39, 0.29) is 0 Å². The maximum absolute atomic E-state index is 4.25. The molecule has 1 aromatic rings. The molecule has 0 saturated heterocycles. The predicted molar refractivity (Wildman–Crippen MR) is 68.8 cm³/mol. The van der Waals surface area contributed by atoms with Crippen molar-refractivity contribution in [2.24, 2.45) is 0 Å². The Morgan fingerprint density at radius 3 is 2.94 bits per heavy atom. The summed E-state index contributed by atoms with van der Waals surface area (Å²) >= 11 is 1.78. The first kappa shape index (κ1) is 12.0. The molecule has 1 aliphatic rings. The molecule has 2 rings (SSSR count). The molecule has 16 heavy (non-hydrogen) atoms. The van der Waals surface area contributed by atoms with Crippen LogP contribution in [0.3, 0.4) is 0 Å². The maximum atomic E-state index is 4.25. The highest BCUT2D eigenvalue weighted by atomic mass is 32.1. The smallest absolute Gasteiger partial charge is 0.0897 e. The van der Waals surface area contributed by atoms with Crippen LogP contribution in [0.5, 0.6) is 0 Å². The van der Waals surface area contributed by atoms with Crippen LogP contribution in [0.1, 0.15) is 29.7 Å². The van der Waals surface area contributed by atoms with E-state index >= 15 is 0 Å². The van der Waals surface area contributed by atoms with Gasteiger partial charge in [-0.2, -0.15) is 0 Å². The van der Waals surface area contributed by atoms with Gasteiger partial charge in [0.05, 0.1) is 5.01 Å². The zero-order valence-electron chi connectivity index (χ0n) is 10.2. The van der Waals surface area contributed by atoms with Crippen LogP contribution in [0.15, 0.2) is 6.20 Å². The van der Waals surface area contributed by atoms with Gasteiger partial charge in [-0.1, -0.05) is 6.92 Å². The quantitative estimate of drug-likeness (QED) is 0.738. The van der Waals surface area contributed by atoms with Gasteiger partial charge in [0.25, 0.3) is 0 Å². The number of hydrogen-bond acceptors (Lipinski definition) is 4. The Bertz CT molecular complexity index is 320. The summed E-state index contributed by atoms with van der Waals surface area (Å²) in [6.45, 7) is 8.73. The minimum absolute atomic E-state index is 0.887. The van der Waals surface area contributed by atoms with Gasteiger partial charge in [0.15, 0.2) is 0 Å². The van der Waals surface area contributed by atoms with Crippen LogP contribution < -0.4 is 5.32 Å². The molecular weight excluding hydrogens is 218 g/mol. The Morgan fingerprint density at radius 1 is 1.56 bits per heavy atom. The van der Waals surface area contributed by atoms with Crippen LogP contribution in [-0.2, 0) is 6.54 Å². The van der Waals surface area contributed by atoms with Gasteiger partial charge in [0, 0.05) is 36.8 Å². The lowest BCUT2D eigenvalue weighted by molar-refractivity contribution is 0.277. The van der Waals surface area contributed by atoms with Crippen LogP contribution >= 0.6 is 11.3 Å². The maximum Gasteiger partial charge on any atom is 0.0897 e. The zero-order chi connectivity index (χ0) is 11.4. The predicted octanol–water partition coefficient (Wildman–Crippen LogP) is 2.03. The minimum atomic E-state index is 0.887. The molecule has 0 amide bonds. The average Bonchev–Trinajstić information content (AvgIpc) is 3.03. The molecule has 90 valence electrons. The van der Waals surface area contributed by atoms with Crippen LogP contribution in [0, 0.1) is 6.92 Å². The van der Waals surface area contributed by atoms with E-state index in [2.05, 4.69) is 29.0 Å². The molecule has 3 nitrogen and oxygen atoms in total. The molecule has 0 unspecified atom stereocenters. The summed E-state index contributed by atoms with van der Waals surface area (Å²) in [5, 5.41) is 4.65. The van der Waals surface area contributed by atoms with Gasteiger partial charge in [-0.3, -0.25) is 4.90 Å². The number of aryl methyl sites for hydroxylation is 1. The van der Waals surface area contributed by atoms with Crippen LogP contribution in [-0.4, -0.2) is 35.6 Å². The van der Waals surface area contributed by atoms with E-state index in [0.717, 1.165) is 24.1 Å². The topological polar surface area (TPSA) is 28.2 Å². The third-order valence-corrected chi connectivity index (χ3v) is 3.93. The van der Waals surface area contributed by atoms with Gasteiger partial charge in [-0.15, -0.1) is 11.3 Å². The Balaban J connectivity index is 1.60. The van der Waals surface area contributed by atoms with E-state index in [4.69, 9.17) is 0 Å². The standard InChI is InChI=1S/C12H21N3S/c1-3-15(11-4-5-11)7-6-13-8-12-9-14-10(2)16-12/h9,11,13H,3-8H2,1-2H3. The summed E-state index contributed by atoms with van der Waals surface area (Å²) in [7, 11) is 0. The van der Waals surface area contributed by atoms with Gasteiger partial charge in [-0.25, -0.2) is 4.98 Å². The number of hydrogen-bond donors (Lipinski definition) is 1. The summed E-state index contributed by atoms with van der Waals surface area (Å²) in [5.74, 6) is 0. The first-order chi connectivity index (χ1) is 7.79. The fourth-order valence-electron chi connectivity index (χ4n) is 1.96. The second kappa shape index (κ2) is 5.75. The minimum Gasteiger partial charge on any atom is -0.311 e. The van der Waals surface area contributed by atoms with Gasteiger partial charge in [0.1, 0.15) is 0 Å². The average molecular weight is 239 g/mol. The van der Waals surface area contributed by atoms with Crippen molar-refractivity contribution in [3.63, 3.8) is 0 Å². The van der Waals surface area contributed by atoms with E-state index < -0.39 is 0 Å². The Morgan fingerprint density at radius 2 is 2.38 bits per heavy atom. The molecule has 4 heteroatoms. The third-order valence-electron chi connectivity index (χ3n) is 3.01. The Hall–Kier alpha value is -0.450. The molecule has 0 radical (unpaired) electrons. The number of rotatable bonds is 7. The number of aromatic nitrogens is 1. The molecule has 0 spiro atoms. The fourth-order valence-corrected chi connectivity index (χ4v) is 2.72. The third kappa shape index (κ3) is 3.54. The van der Waals surface area contributed by atoms with Gasteiger partial charge >= 0.3 is 0 Å². The number of nitrogens with zero attached hydrogens (tertiary/aromatic N) is 2. The summed E-state index contributed by atoms with van der Waals surface area (Å²) in [4.78, 5) is 8.17. The molecule has 0 bridgehead atoms. The van der Waals surface area contributed by atoms with Crippen molar-refractivity contribution in [2.75, 3.05) is 19.6 Å². The van der Waals surface area contributed by atoms with Crippen LogP contribution in [0.4, 0.5) is 0 Å². The molecule has 1 saturated carbocycles. The van der Waals surface area contributed by atoms with Gasteiger partial charge in [-0.05, 0) is 26.3 Å². The molecule has 0 aliphatic heterocycles. The molecule has 0 atom stereocenters. The number of nitrogens with one attached hydrogen (secondary N) is 1. The van der Waals surface area contributed by atoms with Crippen molar-refractivity contribution in [3.8, 4) is 0 Å². The highest BCUT2D eigenvalue weighted by Crippen LogP contribution is 2.25. The Labute approximate surface area is 102 Å². The fraction of sp³-hybridized carbons (Fsp3) is 0.750. The van der Waals surface area contributed by atoms with Crippen molar-refractivity contribution in [1.29, 1.82) is 0 Å². The van der Waals surface area contributed by atoms with Crippen molar-refractivity contribution in [3.05, 3.63) is 16.1 Å². The molecule has 1 aliphatic carbocycles. The number of thiazole rings is 1. The SMILES string of the molecule is CCN(CCNCc1cnc(C)s1)C1CC1. The lowest BCUT2D eigenvalue weighted by Crippen LogP contribution is -2.33. The van der Waals surface area contributed by atoms with Crippen LogP contribution in [0.25, 0.3) is 0 Å². The zero-order valence-corrected chi connectivity index (χ0v) is 11.0. The van der Waals surface area contributed by atoms with Crippen molar-refractivity contribution in [2.45, 2.75) is 39.3 Å². The molecule has 1 heterocycles. The molecular formula is C12H21N3S. The van der Waals surface area contributed by atoms with E-state index in [1.807, 2.05) is 6.20 Å². The summed E-state index contributed by atoms with van der Waals surface area (Å²) in [5.41, 5.74) is 0. The summed E-state index contributed by atoms with van der Waals surface area (Å²) in [6, 6.07) is 0.887. The van der Waals surface area contributed by atoms with E-state index in [1.165, 1.54) is 30.8 Å². The monoisotopic (exact) mass is 239 g/mol. The highest BCUT2D eigenvalue weighted by Gasteiger charge is 2.26. The summed E-state index contributed by atoms with van der Waals surface area (Å²) in [6.07, 6.45) is 4.79. The van der Waals surface area contributed by atoms with Crippen molar-refractivity contribution in [1.82, 2.24) is 15.2 Å². The van der Waals surface area contributed by atoms with E-state index in [9.17, 15) is 0 Å². The molecule has 1 N–H and O–H groups in total.